The van der Waals surface area contributed by atoms with Crippen molar-refractivity contribution in [1.82, 2.24) is 0 Å². The number of fused-ring (bicyclic) bond motifs is 1. The fraction of sp³-hybridized carbons (Fsp3) is 0.294. The van der Waals surface area contributed by atoms with E-state index in [9.17, 15) is 0 Å². The summed E-state index contributed by atoms with van der Waals surface area (Å²) in [6.45, 7) is 4.17. The van der Waals surface area contributed by atoms with Crippen LogP contribution in [0.25, 0.3) is 0 Å². The molecule has 104 valence electrons. The predicted octanol–water partition coefficient (Wildman–Crippen LogP) is 5.82. The molecule has 1 aliphatic rings. The number of nitrogens with one attached hydrogen (secondary N) is 1. The van der Waals surface area contributed by atoms with Crippen molar-refractivity contribution in [2.24, 2.45) is 0 Å². The molecule has 0 saturated heterocycles. The Morgan fingerprint density at radius 3 is 2.80 bits per heavy atom. The molecule has 0 aromatic heterocycles. The van der Waals surface area contributed by atoms with Gasteiger partial charge in [-0.15, -0.1) is 0 Å². The van der Waals surface area contributed by atoms with E-state index in [0.717, 1.165) is 33.6 Å². The van der Waals surface area contributed by atoms with Crippen molar-refractivity contribution in [3.63, 3.8) is 0 Å². The molecule has 1 nitrogen and oxygen atoms in total. The summed E-state index contributed by atoms with van der Waals surface area (Å²) in [5, 5.41) is 4.43. The highest BCUT2D eigenvalue weighted by molar-refractivity contribution is 9.10. The number of aryl methyl sites for hydroxylation is 3. The molecule has 0 saturated carbocycles. The molecule has 0 spiro atoms. The number of halogens is 2. The van der Waals surface area contributed by atoms with Crippen LogP contribution in [0.4, 0.5) is 5.69 Å². The monoisotopic (exact) mass is 349 g/mol. The van der Waals surface area contributed by atoms with Crippen LogP contribution in [0, 0.1) is 13.8 Å². The Morgan fingerprint density at radius 2 is 2.00 bits per heavy atom. The van der Waals surface area contributed by atoms with Crippen molar-refractivity contribution in [2.45, 2.75) is 32.7 Å². The molecule has 2 aromatic rings. The maximum Gasteiger partial charge on any atom is 0.0520 e. The van der Waals surface area contributed by atoms with E-state index < -0.39 is 0 Å². The Morgan fingerprint density at radius 1 is 1.20 bits per heavy atom. The quantitative estimate of drug-likeness (QED) is 0.719. The zero-order valence-electron chi connectivity index (χ0n) is 11.6. The first-order valence-corrected chi connectivity index (χ1v) is 8.03. The van der Waals surface area contributed by atoms with Crippen LogP contribution in [0.15, 0.2) is 34.8 Å². The van der Waals surface area contributed by atoms with Crippen molar-refractivity contribution in [3.8, 4) is 0 Å². The van der Waals surface area contributed by atoms with Gasteiger partial charge in [0.1, 0.15) is 0 Å². The first-order chi connectivity index (χ1) is 9.54. The van der Waals surface area contributed by atoms with E-state index in [1.54, 1.807) is 0 Å². The molecule has 0 heterocycles. The third-order valence-electron chi connectivity index (χ3n) is 3.96. The second-order valence-corrected chi connectivity index (χ2v) is 6.78. The Kier molecular flexibility index (Phi) is 3.78. The minimum absolute atomic E-state index is 0.375. The summed E-state index contributed by atoms with van der Waals surface area (Å²) in [5.41, 5.74) is 6.36. The summed E-state index contributed by atoms with van der Waals surface area (Å²) in [4.78, 5) is 0. The van der Waals surface area contributed by atoms with Gasteiger partial charge >= 0.3 is 0 Å². The largest absolute Gasteiger partial charge is 0.377 e. The van der Waals surface area contributed by atoms with Crippen molar-refractivity contribution in [2.75, 3.05) is 5.32 Å². The lowest BCUT2D eigenvalue weighted by molar-refractivity contribution is 0.761. The minimum atomic E-state index is 0.375. The first kappa shape index (κ1) is 14.0. The predicted molar refractivity (Wildman–Crippen MR) is 89.8 cm³/mol. The first-order valence-electron chi connectivity index (χ1n) is 6.86. The fourth-order valence-corrected chi connectivity index (χ4v) is 3.55. The van der Waals surface area contributed by atoms with Crippen molar-refractivity contribution < 1.29 is 0 Å². The van der Waals surface area contributed by atoms with Crippen molar-refractivity contribution >= 4 is 33.2 Å². The van der Waals surface area contributed by atoms with Gasteiger partial charge in [0.05, 0.1) is 11.7 Å². The molecule has 1 unspecified atom stereocenters. The van der Waals surface area contributed by atoms with Gasteiger partial charge in [-0.2, -0.15) is 0 Å². The Labute approximate surface area is 133 Å². The number of hydrogen-bond acceptors (Lipinski definition) is 1. The normalized spacial score (nSPS) is 17.1. The minimum Gasteiger partial charge on any atom is -0.377 e. The molecule has 3 rings (SSSR count). The van der Waals surface area contributed by atoms with Gasteiger partial charge in [-0.3, -0.25) is 0 Å². The Hall–Kier alpha value is -0.990. The van der Waals surface area contributed by atoms with Gasteiger partial charge < -0.3 is 5.32 Å². The van der Waals surface area contributed by atoms with Crippen LogP contribution < -0.4 is 5.32 Å². The molecule has 20 heavy (non-hydrogen) atoms. The van der Waals surface area contributed by atoms with Crippen LogP contribution in [-0.4, -0.2) is 0 Å². The topological polar surface area (TPSA) is 12.0 Å². The summed E-state index contributed by atoms with van der Waals surface area (Å²) in [6.07, 6.45) is 2.28. The standard InChI is InChI=1S/C17H17BrClN/c1-10-3-4-12-5-6-16(13(12)7-10)20-17-9-15(19)11(2)8-14(17)18/h3-4,7-9,16,20H,5-6H2,1-2H3. The molecule has 1 N–H and O–H groups in total. The highest BCUT2D eigenvalue weighted by atomic mass is 79.9. The van der Waals surface area contributed by atoms with Crippen LogP contribution in [0.3, 0.4) is 0 Å². The molecule has 0 aliphatic heterocycles. The van der Waals surface area contributed by atoms with E-state index in [0.29, 0.717) is 6.04 Å². The van der Waals surface area contributed by atoms with Gasteiger partial charge in [-0.25, -0.2) is 0 Å². The zero-order valence-corrected chi connectivity index (χ0v) is 14.0. The van der Waals surface area contributed by atoms with Gasteiger partial charge in [-0.1, -0.05) is 35.4 Å². The number of benzene rings is 2. The maximum absolute atomic E-state index is 6.24. The van der Waals surface area contributed by atoms with Crippen LogP contribution >= 0.6 is 27.5 Å². The van der Waals surface area contributed by atoms with E-state index >= 15 is 0 Å². The molecule has 0 bridgehead atoms. The molecule has 1 aliphatic carbocycles. The fourth-order valence-electron chi connectivity index (χ4n) is 2.82. The van der Waals surface area contributed by atoms with E-state index in [1.807, 2.05) is 13.0 Å². The number of anilines is 1. The number of hydrogen-bond donors (Lipinski definition) is 1. The Bertz CT molecular complexity index is 666. The van der Waals surface area contributed by atoms with E-state index in [4.69, 9.17) is 11.6 Å². The highest BCUT2D eigenvalue weighted by Crippen LogP contribution is 2.37. The third kappa shape index (κ3) is 2.59. The molecule has 2 aromatic carbocycles. The molecule has 0 fully saturated rings. The second-order valence-electron chi connectivity index (χ2n) is 5.52. The van der Waals surface area contributed by atoms with Crippen molar-refractivity contribution in [1.29, 1.82) is 0 Å². The molecule has 1 atom stereocenters. The van der Waals surface area contributed by atoms with Crippen LogP contribution in [-0.2, 0) is 6.42 Å². The van der Waals surface area contributed by atoms with Gasteiger partial charge in [0.25, 0.3) is 0 Å². The summed E-state index contributed by atoms with van der Waals surface area (Å²) < 4.78 is 1.07. The average Bonchev–Trinajstić information content (AvgIpc) is 2.78. The third-order valence-corrected chi connectivity index (χ3v) is 5.02. The lowest BCUT2D eigenvalue weighted by atomic mass is 10.0. The zero-order chi connectivity index (χ0) is 14.3. The van der Waals surface area contributed by atoms with E-state index in [-0.39, 0.29) is 0 Å². The van der Waals surface area contributed by atoms with Crippen LogP contribution in [0.2, 0.25) is 5.02 Å². The van der Waals surface area contributed by atoms with Gasteiger partial charge in [0.15, 0.2) is 0 Å². The highest BCUT2D eigenvalue weighted by Gasteiger charge is 2.23. The summed E-state index contributed by atoms with van der Waals surface area (Å²) in [6, 6.07) is 11.2. The van der Waals surface area contributed by atoms with Gasteiger partial charge in [0.2, 0.25) is 0 Å². The van der Waals surface area contributed by atoms with Gasteiger partial charge in [-0.05, 0) is 71.4 Å². The maximum atomic E-state index is 6.24. The van der Waals surface area contributed by atoms with Gasteiger partial charge in [0, 0.05) is 9.50 Å². The van der Waals surface area contributed by atoms with Crippen molar-refractivity contribution in [3.05, 3.63) is 62.1 Å². The molecule has 3 heteroatoms. The lowest BCUT2D eigenvalue weighted by Crippen LogP contribution is -2.08. The van der Waals surface area contributed by atoms with E-state index in [2.05, 4.69) is 52.4 Å². The number of rotatable bonds is 2. The average molecular weight is 351 g/mol. The molecular weight excluding hydrogens is 334 g/mol. The summed E-state index contributed by atoms with van der Waals surface area (Å²) in [5.74, 6) is 0. The smallest absolute Gasteiger partial charge is 0.0520 e. The van der Waals surface area contributed by atoms with Crippen LogP contribution in [0.1, 0.15) is 34.7 Å². The second kappa shape index (κ2) is 5.42. The summed E-state index contributed by atoms with van der Waals surface area (Å²) in [7, 11) is 0. The lowest BCUT2D eigenvalue weighted by Gasteiger charge is -2.18. The molecule has 0 amide bonds. The SMILES string of the molecule is Cc1ccc2c(c1)C(Nc1cc(Cl)c(C)cc1Br)CC2. The summed E-state index contributed by atoms with van der Waals surface area (Å²) >= 11 is 9.86. The van der Waals surface area contributed by atoms with Crippen LogP contribution in [0.5, 0.6) is 0 Å². The molecular formula is C17H17BrClN. The Balaban J connectivity index is 1.91. The van der Waals surface area contributed by atoms with E-state index in [1.165, 1.54) is 16.7 Å². The molecule has 0 radical (unpaired) electrons.